The first kappa shape index (κ1) is 12.6. The minimum Gasteiger partial charge on any atom is -0.311 e. The molecule has 1 aliphatic heterocycles. The van der Waals surface area contributed by atoms with Gasteiger partial charge < -0.3 is 5.32 Å². The monoisotopic (exact) mass is 261 g/mol. The van der Waals surface area contributed by atoms with E-state index in [1.54, 1.807) is 0 Å². The lowest BCUT2D eigenvalue weighted by Crippen LogP contribution is -2.32. The van der Waals surface area contributed by atoms with Crippen molar-refractivity contribution in [3.05, 3.63) is 35.4 Å². The molecule has 2 aliphatic rings. The van der Waals surface area contributed by atoms with E-state index in [-0.39, 0.29) is 0 Å². The highest BCUT2D eigenvalue weighted by molar-refractivity contribution is 8.00. The van der Waals surface area contributed by atoms with Crippen LogP contribution in [-0.2, 0) is 6.54 Å². The summed E-state index contributed by atoms with van der Waals surface area (Å²) in [4.78, 5) is 0. The van der Waals surface area contributed by atoms with Gasteiger partial charge in [0.15, 0.2) is 0 Å². The van der Waals surface area contributed by atoms with Gasteiger partial charge in [-0.25, -0.2) is 0 Å². The molecular weight excluding hydrogens is 238 g/mol. The highest BCUT2D eigenvalue weighted by Crippen LogP contribution is 2.40. The Morgan fingerprint density at radius 2 is 2.06 bits per heavy atom. The average molecular weight is 261 g/mol. The number of thioether (sulfide) groups is 1. The minimum absolute atomic E-state index is 0.480. The quantitative estimate of drug-likeness (QED) is 0.861. The summed E-state index contributed by atoms with van der Waals surface area (Å²) in [6.07, 6.45) is 5.55. The Morgan fingerprint density at radius 1 is 1.28 bits per heavy atom. The lowest BCUT2D eigenvalue weighted by molar-refractivity contribution is 0.537. The van der Waals surface area contributed by atoms with Crippen LogP contribution in [0.15, 0.2) is 24.3 Å². The van der Waals surface area contributed by atoms with Crippen LogP contribution < -0.4 is 5.32 Å². The largest absolute Gasteiger partial charge is 0.311 e. The number of hydrogen-bond acceptors (Lipinski definition) is 2. The molecule has 1 aromatic rings. The van der Waals surface area contributed by atoms with Gasteiger partial charge >= 0.3 is 0 Å². The highest BCUT2D eigenvalue weighted by atomic mass is 32.2. The van der Waals surface area contributed by atoms with Crippen LogP contribution in [0.25, 0.3) is 0 Å². The molecule has 1 nitrogen and oxygen atoms in total. The van der Waals surface area contributed by atoms with Crippen LogP contribution in [0, 0.1) is 0 Å². The standard InChI is InChI=1S/C16H23NS/c1-16(9-2-10-18-16)12-17-11-13-3-5-14(6-4-13)15-7-8-15/h3-6,15,17H,2,7-12H2,1H3. The van der Waals surface area contributed by atoms with E-state index in [0.717, 1.165) is 19.0 Å². The van der Waals surface area contributed by atoms with Gasteiger partial charge in [0.25, 0.3) is 0 Å². The van der Waals surface area contributed by atoms with E-state index in [4.69, 9.17) is 0 Å². The molecule has 2 fully saturated rings. The van der Waals surface area contributed by atoms with E-state index in [0.29, 0.717) is 4.75 Å². The van der Waals surface area contributed by atoms with Gasteiger partial charge in [0, 0.05) is 17.8 Å². The molecule has 2 heteroatoms. The first-order valence-corrected chi connectivity index (χ1v) is 8.17. The van der Waals surface area contributed by atoms with Gasteiger partial charge in [-0.15, -0.1) is 0 Å². The second kappa shape index (κ2) is 5.26. The van der Waals surface area contributed by atoms with E-state index in [2.05, 4.69) is 48.3 Å². The van der Waals surface area contributed by atoms with Gasteiger partial charge in [0.2, 0.25) is 0 Å². The first-order valence-electron chi connectivity index (χ1n) is 7.19. The molecule has 1 saturated carbocycles. The predicted molar refractivity (Wildman–Crippen MR) is 80.2 cm³/mol. The van der Waals surface area contributed by atoms with Gasteiger partial charge in [0.1, 0.15) is 0 Å². The van der Waals surface area contributed by atoms with Crippen molar-refractivity contribution < 1.29 is 0 Å². The summed E-state index contributed by atoms with van der Waals surface area (Å²) in [6, 6.07) is 9.23. The zero-order chi connectivity index (χ0) is 12.4. The summed E-state index contributed by atoms with van der Waals surface area (Å²) < 4.78 is 0.480. The smallest absolute Gasteiger partial charge is 0.0256 e. The Labute approximate surface area is 115 Å². The van der Waals surface area contributed by atoms with Crippen LogP contribution in [-0.4, -0.2) is 17.0 Å². The maximum absolute atomic E-state index is 3.63. The zero-order valence-electron chi connectivity index (χ0n) is 11.2. The van der Waals surface area contributed by atoms with Gasteiger partial charge in [-0.3, -0.25) is 0 Å². The average Bonchev–Trinajstić information content (AvgIpc) is 3.14. The van der Waals surface area contributed by atoms with Crippen molar-refractivity contribution in [2.75, 3.05) is 12.3 Å². The van der Waals surface area contributed by atoms with Crippen LogP contribution in [0.3, 0.4) is 0 Å². The Balaban J connectivity index is 1.47. The molecule has 1 aliphatic carbocycles. The molecule has 1 atom stereocenters. The molecule has 1 aromatic carbocycles. The molecule has 0 aromatic heterocycles. The fraction of sp³-hybridized carbons (Fsp3) is 0.625. The highest BCUT2D eigenvalue weighted by Gasteiger charge is 2.28. The second-order valence-corrected chi connectivity index (χ2v) is 7.70. The lowest BCUT2D eigenvalue weighted by atomic mass is 10.1. The molecule has 0 bridgehead atoms. The normalized spacial score (nSPS) is 27.6. The lowest BCUT2D eigenvalue weighted by Gasteiger charge is -2.23. The number of benzene rings is 1. The molecular formula is C16H23NS. The Morgan fingerprint density at radius 3 is 2.67 bits per heavy atom. The van der Waals surface area contributed by atoms with Crippen LogP contribution in [0.4, 0.5) is 0 Å². The molecule has 0 radical (unpaired) electrons. The third-order valence-electron chi connectivity index (χ3n) is 4.16. The van der Waals surface area contributed by atoms with E-state index in [1.807, 2.05) is 0 Å². The first-order chi connectivity index (χ1) is 8.75. The Hall–Kier alpha value is -0.470. The summed E-state index contributed by atoms with van der Waals surface area (Å²) >= 11 is 2.13. The molecule has 98 valence electrons. The maximum Gasteiger partial charge on any atom is 0.0256 e. The van der Waals surface area contributed by atoms with Gasteiger partial charge in [-0.1, -0.05) is 24.3 Å². The molecule has 1 N–H and O–H groups in total. The molecule has 0 amide bonds. The summed E-state index contributed by atoms with van der Waals surface area (Å²) in [6.45, 7) is 4.55. The van der Waals surface area contributed by atoms with Crippen molar-refractivity contribution in [1.82, 2.24) is 5.32 Å². The van der Waals surface area contributed by atoms with E-state index in [9.17, 15) is 0 Å². The number of rotatable bonds is 5. The van der Waals surface area contributed by atoms with Crippen LogP contribution in [0.2, 0.25) is 0 Å². The van der Waals surface area contributed by atoms with Crippen molar-refractivity contribution in [3.63, 3.8) is 0 Å². The SMILES string of the molecule is CC1(CNCc2ccc(C3CC3)cc2)CCCS1. The summed E-state index contributed by atoms with van der Waals surface area (Å²) in [5.74, 6) is 2.22. The van der Waals surface area contributed by atoms with E-state index >= 15 is 0 Å². The van der Waals surface area contributed by atoms with Crippen molar-refractivity contribution in [2.24, 2.45) is 0 Å². The Kier molecular flexibility index (Phi) is 3.67. The van der Waals surface area contributed by atoms with Gasteiger partial charge in [0.05, 0.1) is 0 Å². The third kappa shape index (κ3) is 3.10. The van der Waals surface area contributed by atoms with Crippen molar-refractivity contribution >= 4 is 11.8 Å². The van der Waals surface area contributed by atoms with Crippen LogP contribution >= 0.6 is 11.8 Å². The zero-order valence-corrected chi connectivity index (χ0v) is 12.1. The second-order valence-electron chi connectivity index (χ2n) is 6.02. The molecule has 1 heterocycles. The topological polar surface area (TPSA) is 12.0 Å². The molecule has 1 unspecified atom stereocenters. The summed E-state index contributed by atoms with van der Waals surface area (Å²) in [5.41, 5.74) is 2.96. The molecule has 3 rings (SSSR count). The number of nitrogens with one attached hydrogen (secondary N) is 1. The van der Waals surface area contributed by atoms with Crippen molar-refractivity contribution in [1.29, 1.82) is 0 Å². The maximum atomic E-state index is 3.63. The van der Waals surface area contributed by atoms with Crippen LogP contribution in [0.5, 0.6) is 0 Å². The summed E-state index contributed by atoms with van der Waals surface area (Å²) in [7, 11) is 0. The van der Waals surface area contributed by atoms with Gasteiger partial charge in [-0.05, 0) is 55.4 Å². The van der Waals surface area contributed by atoms with E-state index < -0.39 is 0 Å². The molecule has 0 spiro atoms. The summed E-state index contributed by atoms with van der Waals surface area (Å²) in [5, 5.41) is 3.63. The fourth-order valence-corrected chi connectivity index (χ4v) is 4.05. The minimum atomic E-state index is 0.480. The predicted octanol–water partition coefficient (Wildman–Crippen LogP) is 3.94. The number of hydrogen-bond donors (Lipinski definition) is 1. The molecule has 1 saturated heterocycles. The molecule has 18 heavy (non-hydrogen) atoms. The van der Waals surface area contributed by atoms with Gasteiger partial charge in [-0.2, -0.15) is 11.8 Å². The van der Waals surface area contributed by atoms with E-state index in [1.165, 1.54) is 42.6 Å². The fourth-order valence-electron chi connectivity index (χ4n) is 2.77. The Bertz CT molecular complexity index is 388. The van der Waals surface area contributed by atoms with Crippen molar-refractivity contribution in [2.45, 2.75) is 49.8 Å². The third-order valence-corrected chi connectivity index (χ3v) is 5.70. The van der Waals surface area contributed by atoms with Crippen LogP contribution in [0.1, 0.15) is 49.7 Å². The van der Waals surface area contributed by atoms with Crippen molar-refractivity contribution in [3.8, 4) is 0 Å².